The van der Waals surface area contributed by atoms with E-state index in [4.69, 9.17) is 30.3 Å². The average Bonchev–Trinajstić information content (AvgIpc) is 2.50. The number of unbranched alkanes of at least 4 members (excludes halogenated alkanes) is 2. The normalized spacial score (nSPS) is 13.8. The number of rotatable bonds is 11. The molecule has 0 amide bonds. The van der Waals surface area contributed by atoms with Crippen LogP contribution in [0.25, 0.3) is 0 Å². The number of hydrogen-bond acceptors (Lipinski definition) is 6. The molecule has 0 rings (SSSR count). The van der Waals surface area contributed by atoms with Crippen LogP contribution >= 0.6 is 0 Å². The minimum absolute atomic E-state index is 0.217. The summed E-state index contributed by atoms with van der Waals surface area (Å²) in [5.74, 6) is 0. The molecule has 0 spiro atoms. The smallest absolute Gasteiger partial charge is 0.100 e. The van der Waals surface area contributed by atoms with Crippen molar-refractivity contribution in [1.82, 2.24) is 0 Å². The third-order valence-corrected chi connectivity index (χ3v) is 2.74. The van der Waals surface area contributed by atoms with E-state index in [-0.39, 0.29) is 32.5 Å². The first kappa shape index (κ1) is 22.0. The first-order valence-electron chi connectivity index (χ1n) is 7.35. The van der Waals surface area contributed by atoms with Gasteiger partial charge in [0.2, 0.25) is 0 Å². The van der Waals surface area contributed by atoms with E-state index >= 15 is 0 Å². The van der Waals surface area contributed by atoms with Gasteiger partial charge in [-0.15, -0.1) is 0 Å². The molecule has 0 saturated heterocycles. The van der Waals surface area contributed by atoms with Crippen LogP contribution in [0.4, 0.5) is 0 Å². The maximum Gasteiger partial charge on any atom is 0.100 e. The highest BCUT2D eigenvalue weighted by atomic mass is 16.5. The highest BCUT2D eigenvalue weighted by molar-refractivity contribution is 4.58. The molecule has 0 aromatic heterocycles. The van der Waals surface area contributed by atoms with Gasteiger partial charge in [-0.05, 0) is 12.8 Å². The monoisotopic (exact) mass is 296 g/mol. The van der Waals surface area contributed by atoms with Crippen molar-refractivity contribution in [3.63, 3.8) is 0 Å². The Hall–Kier alpha value is -0.240. The van der Waals surface area contributed by atoms with Crippen molar-refractivity contribution < 1.29 is 30.3 Å². The van der Waals surface area contributed by atoms with Crippen molar-refractivity contribution >= 4 is 0 Å². The van der Waals surface area contributed by atoms with E-state index < -0.39 is 12.2 Å². The lowest BCUT2D eigenvalue weighted by Crippen LogP contribution is -2.24. The van der Waals surface area contributed by atoms with Crippen LogP contribution in [0.3, 0.4) is 0 Å². The van der Waals surface area contributed by atoms with E-state index in [1.54, 1.807) is 0 Å². The highest BCUT2D eigenvalue weighted by Crippen LogP contribution is 2.10. The van der Waals surface area contributed by atoms with Crippen LogP contribution in [0.1, 0.15) is 46.0 Å². The molecule has 2 atom stereocenters. The molecular formula is C14H32O6. The molecule has 0 fully saturated rings. The molecule has 0 aromatic rings. The van der Waals surface area contributed by atoms with Crippen molar-refractivity contribution in [3.8, 4) is 0 Å². The zero-order valence-corrected chi connectivity index (χ0v) is 12.7. The third-order valence-electron chi connectivity index (χ3n) is 2.74. The van der Waals surface area contributed by atoms with Gasteiger partial charge in [-0.25, -0.2) is 0 Å². The summed E-state index contributed by atoms with van der Waals surface area (Å²) in [7, 11) is 0. The molecule has 2 unspecified atom stereocenters. The van der Waals surface area contributed by atoms with Gasteiger partial charge >= 0.3 is 0 Å². The van der Waals surface area contributed by atoms with Gasteiger partial charge in [0.1, 0.15) is 12.2 Å². The van der Waals surface area contributed by atoms with Crippen LogP contribution in [0.2, 0.25) is 0 Å². The predicted octanol–water partition coefficient (Wildman–Crippen LogP) is 0.0470. The topological polar surface area (TPSA) is 110 Å². The molecule has 0 aliphatic heterocycles. The van der Waals surface area contributed by atoms with Crippen LogP contribution in [-0.2, 0) is 4.74 Å². The van der Waals surface area contributed by atoms with Gasteiger partial charge in [0, 0.05) is 0 Å². The Balaban J connectivity index is 0. The molecule has 0 saturated carbocycles. The second-order valence-electron chi connectivity index (χ2n) is 4.71. The lowest BCUT2D eigenvalue weighted by atomic mass is 10.1. The summed E-state index contributed by atoms with van der Waals surface area (Å²) in [5, 5.41) is 41.7. The maximum absolute atomic E-state index is 9.10. The quantitative estimate of drug-likeness (QED) is 0.345. The maximum atomic E-state index is 9.10. The molecule has 0 aromatic carbocycles. The van der Waals surface area contributed by atoms with E-state index in [1.165, 1.54) is 19.3 Å². The van der Waals surface area contributed by atoms with E-state index in [9.17, 15) is 0 Å². The Bertz CT molecular complexity index is 175. The van der Waals surface area contributed by atoms with E-state index in [1.807, 2.05) is 0 Å². The second-order valence-corrected chi connectivity index (χ2v) is 4.71. The van der Waals surface area contributed by atoms with Gasteiger partial charge in [-0.1, -0.05) is 33.1 Å². The van der Waals surface area contributed by atoms with Gasteiger partial charge in [0.05, 0.1) is 32.5 Å². The number of hydrogen-bond donors (Lipinski definition) is 5. The highest BCUT2D eigenvalue weighted by Gasteiger charge is 2.09. The van der Waals surface area contributed by atoms with Crippen molar-refractivity contribution in [3.05, 3.63) is 0 Å². The molecule has 0 radical (unpaired) electrons. The van der Waals surface area contributed by atoms with Gasteiger partial charge in [-0.3, -0.25) is 0 Å². The number of ether oxygens (including phenoxy) is 1. The molecule has 0 heterocycles. The fraction of sp³-hybridized carbons (Fsp3) is 1.00. The van der Waals surface area contributed by atoms with E-state index in [0.29, 0.717) is 0 Å². The van der Waals surface area contributed by atoms with Gasteiger partial charge in [-0.2, -0.15) is 0 Å². The first-order chi connectivity index (χ1) is 9.55. The Morgan fingerprint density at radius 2 is 1.40 bits per heavy atom. The lowest BCUT2D eigenvalue weighted by molar-refractivity contribution is -0.0327. The zero-order valence-electron chi connectivity index (χ0n) is 12.7. The Morgan fingerprint density at radius 1 is 0.850 bits per heavy atom. The Labute approximate surface area is 122 Å². The minimum atomic E-state index is -0.954. The molecule has 6 nitrogen and oxygen atoms in total. The predicted molar refractivity (Wildman–Crippen MR) is 77.4 cm³/mol. The van der Waals surface area contributed by atoms with Gasteiger partial charge in [0.25, 0.3) is 0 Å². The Morgan fingerprint density at radius 3 is 1.75 bits per heavy atom. The SMILES string of the molecule is CCCCCC(CC)OCC(O)CO.OCC(O)CO. The fourth-order valence-electron chi connectivity index (χ4n) is 1.38. The summed E-state index contributed by atoms with van der Waals surface area (Å²) in [6.07, 6.45) is 4.23. The van der Waals surface area contributed by atoms with Crippen molar-refractivity contribution in [2.45, 2.75) is 64.3 Å². The molecule has 0 aliphatic carbocycles. The van der Waals surface area contributed by atoms with Crippen LogP contribution in [0.15, 0.2) is 0 Å². The molecule has 0 bridgehead atoms. The van der Waals surface area contributed by atoms with Crippen molar-refractivity contribution in [1.29, 1.82) is 0 Å². The minimum Gasteiger partial charge on any atom is -0.394 e. The molecule has 5 N–H and O–H groups in total. The lowest BCUT2D eigenvalue weighted by Gasteiger charge is -2.17. The summed E-state index contributed by atoms with van der Waals surface area (Å²) in [6.45, 7) is 3.57. The largest absolute Gasteiger partial charge is 0.394 e. The Kier molecular flexibility index (Phi) is 18.5. The van der Waals surface area contributed by atoms with Crippen LogP contribution in [0.5, 0.6) is 0 Å². The second kappa shape index (κ2) is 16.8. The summed E-state index contributed by atoms with van der Waals surface area (Å²) >= 11 is 0. The third kappa shape index (κ3) is 15.8. The molecule has 20 heavy (non-hydrogen) atoms. The zero-order chi connectivity index (χ0) is 15.8. The van der Waals surface area contributed by atoms with Crippen molar-refractivity contribution in [2.75, 3.05) is 26.4 Å². The number of aliphatic hydroxyl groups excluding tert-OH is 5. The average molecular weight is 296 g/mol. The molecule has 124 valence electrons. The molecule has 0 aliphatic rings. The molecular weight excluding hydrogens is 264 g/mol. The standard InChI is InChI=1S/C11H24O3.C3H8O3/c1-3-5-6-7-11(4-2)14-9-10(13)8-12;4-1-3(6)2-5/h10-13H,3-9H2,1-2H3;3-6H,1-2H2. The van der Waals surface area contributed by atoms with Crippen molar-refractivity contribution in [2.24, 2.45) is 0 Å². The summed E-state index contributed by atoms with van der Waals surface area (Å²) in [4.78, 5) is 0. The molecule has 6 heteroatoms. The summed E-state index contributed by atoms with van der Waals surface area (Å²) < 4.78 is 5.48. The van der Waals surface area contributed by atoms with Crippen LogP contribution in [0, 0.1) is 0 Å². The van der Waals surface area contributed by atoms with Gasteiger partial charge in [0.15, 0.2) is 0 Å². The van der Waals surface area contributed by atoms with E-state index in [0.717, 1.165) is 12.8 Å². The number of aliphatic hydroxyl groups is 5. The fourth-order valence-corrected chi connectivity index (χ4v) is 1.38. The van der Waals surface area contributed by atoms with Gasteiger partial charge < -0.3 is 30.3 Å². The summed E-state index contributed by atoms with van der Waals surface area (Å²) in [5.41, 5.74) is 0. The first-order valence-corrected chi connectivity index (χ1v) is 7.35. The van der Waals surface area contributed by atoms with Crippen LogP contribution in [-0.4, -0.2) is 70.3 Å². The van der Waals surface area contributed by atoms with E-state index in [2.05, 4.69) is 13.8 Å². The van der Waals surface area contributed by atoms with Crippen LogP contribution < -0.4 is 0 Å². The summed E-state index contributed by atoms with van der Waals surface area (Å²) in [6, 6.07) is 0.